The molecule has 1 saturated heterocycles. The van der Waals surface area contributed by atoms with Crippen LogP contribution in [0.4, 0.5) is 9.18 Å². The van der Waals surface area contributed by atoms with Gasteiger partial charge >= 0.3 is 12.1 Å². The fourth-order valence-electron chi connectivity index (χ4n) is 3.12. The predicted molar refractivity (Wildman–Crippen MR) is 87.4 cm³/mol. The molecule has 0 spiro atoms. The highest BCUT2D eigenvalue weighted by atomic mass is 19.1. The van der Waals surface area contributed by atoms with Gasteiger partial charge in [0.25, 0.3) is 0 Å². The Hall–Kier alpha value is -2.11. The fourth-order valence-corrected chi connectivity index (χ4v) is 3.12. The maximum absolute atomic E-state index is 13.6. The minimum Gasteiger partial charge on any atom is -0.481 e. The smallest absolute Gasteiger partial charge is 0.410 e. The number of halogens is 1. The summed E-state index contributed by atoms with van der Waals surface area (Å²) in [5.41, 5.74) is -0.560. The SMILES string of the molecule is CC(C)(C)OC(=O)N1CCC(CC(=O)O)(c2cccc(F)c2)CC1. The number of hydrogen-bond donors (Lipinski definition) is 1. The molecule has 6 heteroatoms. The summed E-state index contributed by atoms with van der Waals surface area (Å²) in [6, 6.07) is 6.09. The van der Waals surface area contributed by atoms with Crippen molar-refractivity contribution in [2.24, 2.45) is 0 Å². The van der Waals surface area contributed by atoms with E-state index in [1.807, 2.05) is 0 Å². The van der Waals surface area contributed by atoms with E-state index < -0.39 is 23.1 Å². The largest absolute Gasteiger partial charge is 0.481 e. The molecule has 1 aliphatic rings. The van der Waals surface area contributed by atoms with Crippen LogP contribution in [-0.2, 0) is 14.9 Å². The van der Waals surface area contributed by atoms with Crippen molar-refractivity contribution in [3.63, 3.8) is 0 Å². The molecule has 1 aromatic rings. The van der Waals surface area contributed by atoms with Gasteiger partial charge < -0.3 is 14.7 Å². The number of carboxylic acid groups (broad SMARTS) is 1. The summed E-state index contributed by atoms with van der Waals surface area (Å²) < 4.78 is 19.0. The van der Waals surface area contributed by atoms with Crippen LogP contribution in [0.5, 0.6) is 0 Å². The lowest BCUT2D eigenvalue weighted by molar-refractivity contribution is -0.139. The van der Waals surface area contributed by atoms with Gasteiger partial charge in [-0.2, -0.15) is 0 Å². The molecule has 1 heterocycles. The summed E-state index contributed by atoms with van der Waals surface area (Å²) in [6.07, 6.45) is 0.438. The molecule has 24 heavy (non-hydrogen) atoms. The maximum Gasteiger partial charge on any atom is 0.410 e. The minimum atomic E-state index is -0.926. The van der Waals surface area contributed by atoms with Crippen molar-refractivity contribution < 1.29 is 23.8 Å². The van der Waals surface area contributed by atoms with Gasteiger partial charge in [0.2, 0.25) is 0 Å². The number of nitrogens with zero attached hydrogens (tertiary/aromatic N) is 1. The number of likely N-dealkylation sites (tertiary alicyclic amines) is 1. The number of carbonyl (C=O) groups excluding carboxylic acids is 1. The second kappa shape index (κ2) is 6.79. The molecule has 1 fully saturated rings. The van der Waals surface area contributed by atoms with E-state index in [1.165, 1.54) is 12.1 Å². The third kappa shape index (κ3) is 4.46. The van der Waals surface area contributed by atoms with Crippen LogP contribution in [0.15, 0.2) is 24.3 Å². The minimum absolute atomic E-state index is 0.0847. The molecule has 0 unspecified atom stereocenters. The van der Waals surface area contributed by atoms with Crippen molar-refractivity contribution in [2.45, 2.75) is 51.0 Å². The van der Waals surface area contributed by atoms with Gasteiger partial charge in [-0.3, -0.25) is 4.79 Å². The fraction of sp³-hybridized carbons (Fsp3) is 0.556. The second-order valence-corrected chi connectivity index (χ2v) is 7.33. The lowest BCUT2D eigenvalue weighted by Crippen LogP contribution is -2.47. The summed E-state index contributed by atoms with van der Waals surface area (Å²) in [5, 5.41) is 9.29. The van der Waals surface area contributed by atoms with Crippen LogP contribution in [0.2, 0.25) is 0 Å². The normalized spacial score (nSPS) is 17.4. The molecule has 0 aliphatic carbocycles. The highest BCUT2D eigenvalue weighted by Crippen LogP contribution is 2.39. The Morgan fingerprint density at radius 3 is 2.42 bits per heavy atom. The van der Waals surface area contributed by atoms with Crippen LogP contribution in [0.25, 0.3) is 0 Å². The first-order chi connectivity index (χ1) is 11.1. The second-order valence-electron chi connectivity index (χ2n) is 7.33. The molecule has 0 bridgehead atoms. The Balaban J connectivity index is 2.16. The molecular formula is C18H24FNO4. The molecular weight excluding hydrogens is 313 g/mol. The average molecular weight is 337 g/mol. The van der Waals surface area contributed by atoms with Gasteiger partial charge in [-0.05, 0) is 51.3 Å². The average Bonchev–Trinajstić information content (AvgIpc) is 2.45. The van der Waals surface area contributed by atoms with Gasteiger partial charge in [-0.1, -0.05) is 12.1 Å². The Kier molecular flexibility index (Phi) is 5.16. The van der Waals surface area contributed by atoms with Gasteiger partial charge in [0, 0.05) is 18.5 Å². The van der Waals surface area contributed by atoms with Crippen molar-refractivity contribution in [1.29, 1.82) is 0 Å². The van der Waals surface area contributed by atoms with Crippen molar-refractivity contribution in [2.75, 3.05) is 13.1 Å². The van der Waals surface area contributed by atoms with Crippen LogP contribution in [0.1, 0.15) is 45.6 Å². The van der Waals surface area contributed by atoms with E-state index in [4.69, 9.17) is 4.74 Å². The number of hydrogen-bond acceptors (Lipinski definition) is 3. The number of piperidine rings is 1. The first-order valence-electron chi connectivity index (χ1n) is 8.07. The molecule has 0 atom stereocenters. The highest BCUT2D eigenvalue weighted by Gasteiger charge is 2.40. The van der Waals surface area contributed by atoms with Crippen LogP contribution in [0, 0.1) is 5.82 Å². The summed E-state index contributed by atoms with van der Waals surface area (Å²) in [5.74, 6) is -1.31. The van der Waals surface area contributed by atoms with Gasteiger partial charge in [-0.25, -0.2) is 9.18 Å². The number of carbonyl (C=O) groups is 2. The van der Waals surface area contributed by atoms with Crippen LogP contribution < -0.4 is 0 Å². The summed E-state index contributed by atoms with van der Waals surface area (Å²) in [7, 11) is 0. The summed E-state index contributed by atoms with van der Waals surface area (Å²) in [6.45, 7) is 6.18. The van der Waals surface area contributed by atoms with E-state index in [9.17, 15) is 19.1 Å². The van der Waals surface area contributed by atoms with Crippen LogP contribution in [0.3, 0.4) is 0 Å². The van der Waals surface area contributed by atoms with Crippen molar-refractivity contribution >= 4 is 12.1 Å². The zero-order chi connectivity index (χ0) is 18.0. The Morgan fingerprint density at radius 2 is 1.92 bits per heavy atom. The molecule has 1 amide bonds. The zero-order valence-electron chi connectivity index (χ0n) is 14.3. The van der Waals surface area contributed by atoms with E-state index in [-0.39, 0.29) is 12.2 Å². The maximum atomic E-state index is 13.6. The van der Waals surface area contributed by atoms with Crippen molar-refractivity contribution in [3.8, 4) is 0 Å². The molecule has 0 saturated carbocycles. The topological polar surface area (TPSA) is 66.8 Å². The van der Waals surface area contributed by atoms with Crippen molar-refractivity contribution in [1.82, 2.24) is 4.90 Å². The molecule has 1 aromatic carbocycles. The Bertz CT molecular complexity index is 616. The number of amides is 1. The standard InChI is InChI=1S/C18H24FNO4/c1-17(2,3)24-16(23)20-9-7-18(8-10-20,12-15(21)22)13-5-4-6-14(19)11-13/h4-6,11H,7-10,12H2,1-3H3,(H,21,22). The summed E-state index contributed by atoms with van der Waals surface area (Å²) >= 11 is 0. The van der Waals surface area contributed by atoms with E-state index in [0.29, 0.717) is 31.5 Å². The molecule has 132 valence electrons. The van der Waals surface area contributed by atoms with E-state index in [1.54, 1.807) is 37.8 Å². The van der Waals surface area contributed by atoms with Gasteiger partial charge in [0.05, 0.1) is 6.42 Å². The first kappa shape index (κ1) is 18.2. The van der Waals surface area contributed by atoms with Gasteiger partial charge in [-0.15, -0.1) is 0 Å². The monoisotopic (exact) mass is 337 g/mol. The first-order valence-corrected chi connectivity index (χ1v) is 8.07. The molecule has 0 radical (unpaired) electrons. The van der Waals surface area contributed by atoms with Gasteiger partial charge in [0.1, 0.15) is 11.4 Å². The third-order valence-electron chi connectivity index (χ3n) is 4.30. The number of carboxylic acids is 1. The van der Waals surface area contributed by atoms with E-state index in [0.717, 1.165) is 0 Å². The van der Waals surface area contributed by atoms with Crippen LogP contribution >= 0.6 is 0 Å². The third-order valence-corrected chi connectivity index (χ3v) is 4.30. The molecule has 5 nitrogen and oxygen atoms in total. The molecule has 0 aromatic heterocycles. The zero-order valence-corrected chi connectivity index (χ0v) is 14.3. The molecule has 2 rings (SSSR count). The number of benzene rings is 1. The van der Waals surface area contributed by atoms with E-state index >= 15 is 0 Å². The number of ether oxygens (including phenoxy) is 1. The quantitative estimate of drug-likeness (QED) is 0.915. The van der Waals surface area contributed by atoms with Crippen LogP contribution in [-0.4, -0.2) is 40.8 Å². The summed E-state index contributed by atoms with van der Waals surface area (Å²) in [4.78, 5) is 25.1. The molecule has 1 aliphatic heterocycles. The number of rotatable bonds is 3. The van der Waals surface area contributed by atoms with Gasteiger partial charge in [0.15, 0.2) is 0 Å². The number of aliphatic carboxylic acids is 1. The lowest BCUT2D eigenvalue weighted by Gasteiger charge is -2.41. The predicted octanol–water partition coefficient (Wildman–Crippen LogP) is 3.57. The van der Waals surface area contributed by atoms with Crippen molar-refractivity contribution in [3.05, 3.63) is 35.6 Å². The lowest BCUT2D eigenvalue weighted by atomic mass is 9.70. The Morgan fingerprint density at radius 1 is 1.29 bits per heavy atom. The Labute approximate surface area is 141 Å². The molecule has 1 N–H and O–H groups in total. The highest BCUT2D eigenvalue weighted by molar-refractivity contribution is 5.70. The van der Waals surface area contributed by atoms with E-state index in [2.05, 4.69) is 0 Å².